The Morgan fingerprint density at radius 2 is 1.21 bits per heavy atom. The summed E-state index contributed by atoms with van der Waals surface area (Å²) >= 11 is 0. The van der Waals surface area contributed by atoms with Crippen molar-refractivity contribution in [2.24, 2.45) is 0 Å². The minimum absolute atomic E-state index is 0.551. The van der Waals surface area contributed by atoms with Crippen LogP contribution in [0, 0.1) is 0 Å². The normalized spacial score (nSPS) is 12.3. The van der Waals surface area contributed by atoms with Crippen LogP contribution in [0.15, 0.2) is 0 Å². The molecule has 0 aliphatic rings. The van der Waals surface area contributed by atoms with Gasteiger partial charge in [0.2, 0.25) is 0 Å². The van der Waals surface area contributed by atoms with Gasteiger partial charge in [0.05, 0.1) is 0 Å². The molecule has 0 fully saturated rings. The standard InChI is InChI=1S/C17H38OSi/c1-6-9-11-13-15-17(16-14-12-10-7-2)18-19(4,5)8-3/h17H,6-16H2,1-5H3. The molecule has 0 heterocycles. The van der Waals surface area contributed by atoms with Crippen LogP contribution in [0.2, 0.25) is 19.1 Å². The molecule has 0 saturated heterocycles. The highest BCUT2D eigenvalue weighted by Crippen LogP contribution is 2.21. The van der Waals surface area contributed by atoms with Crippen LogP contribution in [0.3, 0.4) is 0 Å². The van der Waals surface area contributed by atoms with Gasteiger partial charge in [0.25, 0.3) is 0 Å². The Labute approximate surface area is 123 Å². The topological polar surface area (TPSA) is 9.23 Å². The van der Waals surface area contributed by atoms with E-state index in [4.69, 9.17) is 4.43 Å². The summed E-state index contributed by atoms with van der Waals surface area (Å²) in [5.74, 6) is 0. The summed E-state index contributed by atoms with van der Waals surface area (Å²) in [5, 5.41) is 0. The smallest absolute Gasteiger partial charge is 0.186 e. The fraction of sp³-hybridized carbons (Fsp3) is 1.00. The van der Waals surface area contributed by atoms with Gasteiger partial charge in [0, 0.05) is 6.10 Å². The molecule has 2 heteroatoms. The van der Waals surface area contributed by atoms with E-state index in [1.165, 1.54) is 70.3 Å². The van der Waals surface area contributed by atoms with Crippen molar-refractivity contribution in [1.82, 2.24) is 0 Å². The predicted molar refractivity (Wildman–Crippen MR) is 90.4 cm³/mol. The summed E-state index contributed by atoms with van der Waals surface area (Å²) in [6, 6.07) is 1.24. The van der Waals surface area contributed by atoms with Gasteiger partial charge in [0.1, 0.15) is 0 Å². The number of hydrogen-bond acceptors (Lipinski definition) is 1. The molecule has 0 atom stereocenters. The van der Waals surface area contributed by atoms with E-state index in [0.29, 0.717) is 6.10 Å². The Kier molecular flexibility index (Phi) is 12.1. The van der Waals surface area contributed by atoms with Crippen molar-refractivity contribution >= 4 is 8.32 Å². The van der Waals surface area contributed by atoms with E-state index >= 15 is 0 Å². The number of unbranched alkanes of at least 4 members (excludes halogenated alkanes) is 6. The highest BCUT2D eigenvalue weighted by atomic mass is 28.4. The lowest BCUT2D eigenvalue weighted by atomic mass is 10.0. The van der Waals surface area contributed by atoms with Crippen LogP contribution < -0.4 is 0 Å². The van der Waals surface area contributed by atoms with Gasteiger partial charge >= 0.3 is 0 Å². The van der Waals surface area contributed by atoms with Crippen molar-refractivity contribution in [3.63, 3.8) is 0 Å². The molecule has 116 valence electrons. The highest BCUT2D eigenvalue weighted by molar-refractivity contribution is 6.71. The average Bonchev–Trinajstić information content (AvgIpc) is 2.39. The second-order valence-corrected chi connectivity index (χ2v) is 11.0. The monoisotopic (exact) mass is 286 g/mol. The van der Waals surface area contributed by atoms with Crippen LogP contribution in [-0.2, 0) is 4.43 Å². The zero-order valence-corrected chi connectivity index (χ0v) is 15.3. The van der Waals surface area contributed by atoms with Crippen molar-refractivity contribution in [2.45, 2.75) is 110 Å². The van der Waals surface area contributed by atoms with Gasteiger partial charge in [-0.2, -0.15) is 0 Å². The zero-order chi connectivity index (χ0) is 14.6. The van der Waals surface area contributed by atoms with Crippen molar-refractivity contribution in [3.05, 3.63) is 0 Å². The van der Waals surface area contributed by atoms with E-state index < -0.39 is 8.32 Å². The van der Waals surface area contributed by atoms with E-state index in [1.807, 2.05) is 0 Å². The van der Waals surface area contributed by atoms with Gasteiger partial charge in [-0.25, -0.2) is 0 Å². The van der Waals surface area contributed by atoms with Gasteiger partial charge in [-0.3, -0.25) is 0 Å². The van der Waals surface area contributed by atoms with Gasteiger partial charge in [-0.1, -0.05) is 72.1 Å². The Hall–Kier alpha value is 0.177. The predicted octanol–water partition coefficient (Wildman–Crippen LogP) is 6.54. The average molecular weight is 287 g/mol. The van der Waals surface area contributed by atoms with Crippen LogP contribution in [0.1, 0.15) is 85.0 Å². The second-order valence-electron chi connectivity index (χ2n) is 6.55. The largest absolute Gasteiger partial charge is 0.414 e. The van der Waals surface area contributed by atoms with E-state index in [-0.39, 0.29) is 0 Å². The maximum Gasteiger partial charge on any atom is 0.186 e. The second kappa shape index (κ2) is 12.0. The lowest BCUT2D eigenvalue weighted by molar-refractivity contribution is 0.163. The molecule has 19 heavy (non-hydrogen) atoms. The molecule has 0 aromatic rings. The van der Waals surface area contributed by atoms with E-state index in [1.54, 1.807) is 0 Å². The molecule has 0 rings (SSSR count). The molecule has 0 radical (unpaired) electrons. The molecule has 0 aliphatic carbocycles. The zero-order valence-electron chi connectivity index (χ0n) is 14.3. The molecule has 0 unspecified atom stereocenters. The number of hydrogen-bond donors (Lipinski definition) is 0. The summed E-state index contributed by atoms with van der Waals surface area (Å²) < 4.78 is 6.49. The third-order valence-electron chi connectivity index (χ3n) is 4.10. The van der Waals surface area contributed by atoms with Crippen molar-refractivity contribution in [3.8, 4) is 0 Å². The van der Waals surface area contributed by atoms with Crippen LogP contribution in [0.5, 0.6) is 0 Å². The lowest BCUT2D eigenvalue weighted by Gasteiger charge is -2.29. The van der Waals surface area contributed by atoms with Crippen LogP contribution in [0.4, 0.5) is 0 Å². The fourth-order valence-electron chi connectivity index (χ4n) is 2.39. The van der Waals surface area contributed by atoms with E-state index in [0.717, 1.165) is 0 Å². The molecular formula is C17H38OSi. The third kappa shape index (κ3) is 11.7. The lowest BCUT2D eigenvalue weighted by Crippen LogP contribution is -2.34. The molecule has 0 saturated carbocycles. The quantitative estimate of drug-likeness (QED) is 0.276. The first-order valence-corrected chi connectivity index (χ1v) is 11.8. The summed E-state index contributed by atoms with van der Waals surface area (Å²) in [4.78, 5) is 0. The molecule has 0 spiro atoms. The molecule has 0 aromatic carbocycles. The molecule has 0 bridgehead atoms. The van der Waals surface area contributed by atoms with Crippen molar-refractivity contribution < 1.29 is 4.43 Å². The first kappa shape index (κ1) is 19.2. The van der Waals surface area contributed by atoms with Crippen LogP contribution in [-0.4, -0.2) is 14.4 Å². The summed E-state index contributed by atoms with van der Waals surface area (Å²) in [5.41, 5.74) is 0. The Morgan fingerprint density at radius 3 is 1.58 bits per heavy atom. The summed E-state index contributed by atoms with van der Waals surface area (Å²) in [7, 11) is -1.38. The highest BCUT2D eigenvalue weighted by Gasteiger charge is 2.24. The first-order valence-electron chi connectivity index (χ1n) is 8.73. The molecule has 0 N–H and O–H groups in total. The Morgan fingerprint density at radius 1 is 0.737 bits per heavy atom. The van der Waals surface area contributed by atoms with E-state index in [9.17, 15) is 0 Å². The van der Waals surface area contributed by atoms with Crippen LogP contribution in [0.25, 0.3) is 0 Å². The molecule has 1 nitrogen and oxygen atoms in total. The minimum atomic E-state index is -1.38. The van der Waals surface area contributed by atoms with E-state index in [2.05, 4.69) is 33.9 Å². The SMILES string of the molecule is CCCCCCC(CCCCCC)O[Si](C)(C)CC. The molecule has 0 aliphatic heterocycles. The van der Waals surface area contributed by atoms with Gasteiger partial charge in [-0.15, -0.1) is 0 Å². The Bertz CT molecular complexity index is 180. The first-order chi connectivity index (χ1) is 9.05. The fourth-order valence-corrected chi connectivity index (χ4v) is 3.70. The summed E-state index contributed by atoms with van der Waals surface area (Å²) in [6.07, 6.45) is 14.1. The molecule has 0 aromatic heterocycles. The van der Waals surface area contributed by atoms with Gasteiger partial charge in [0.15, 0.2) is 8.32 Å². The van der Waals surface area contributed by atoms with Crippen molar-refractivity contribution in [1.29, 1.82) is 0 Å². The maximum atomic E-state index is 6.49. The van der Waals surface area contributed by atoms with Crippen molar-refractivity contribution in [2.75, 3.05) is 0 Å². The number of rotatable bonds is 13. The van der Waals surface area contributed by atoms with Crippen LogP contribution >= 0.6 is 0 Å². The third-order valence-corrected chi connectivity index (χ3v) is 6.77. The van der Waals surface area contributed by atoms with Gasteiger partial charge in [-0.05, 0) is 32.0 Å². The Balaban J connectivity index is 3.99. The molecular weight excluding hydrogens is 248 g/mol. The minimum Gasteiger partial charge on any atom is -0.414 e. The molecule has 0 amide bonds. The maximum absolute atomic E-state index is 6.49. The summed E-state index contributed by atoms with van der Waals surface area (Å²) in [6.45, 7) is 11.6. The van der Waals surface area contributed by atoms with Gasteiger partial charge < -0.3 is 4.43 Å².